The van der Waals surface area contributed by atoms with E-state index in [2.05, 4.69) is 15.9 Å². The molecule has 1 fully saturated rings. The zero-order valence-electron chi connectivity index (χ0n) is 22.7. The molecule has 0 saturated carbocycles. The van der Waals surface area contributed by atoms with Crippen molar-refractivity contribution in [2.45, 2.75) is 30.0 Å². The van der Waals surface area contributed by atoms with E-state index in [4.69, 9.17) is 21.6 Å². The predicted octanol–water partition coefficient (Wildman–Crippen LogP) is 3.65. The van der Waals surface area contributed by atoms with Crippen LogP contribution in [0.25, 0.3) is 11.2 Å². The molecule has 3 atom stereocenters. The fourth-order valence-corrected chi connectivity index (χ4v) is 5.93. The smallest absolute Gasteiger partial charge is 0.284 e. The van der Waals surface area contributed by atoms with E-state index in [1.54, 1.807) is 7.11 Å². The van der Waals surface area contributed by atoms with Crippen molar-refractivity contribution in [2.75, 3.05) is 19.5 Å². The summed E-state index contributed by atoms with van der Waals surface area (Å²) in [7, 11) is 1.56. The summed E-state index contributed by atoms with van der Waals surface area (Å²) in [4.78, 5) is 23.6. The Morgan fingerprint density at radius 2 is 1.74 bits per heavy atom. The number of aliphatic hydroxyl groups is 1. The molecule has 1 aliphatic rings. The second-order valence-electron chi connectivity index (χ2n) is 10.1. The van der Waals surface area contributed by atoms with Gasteiger partial charge in [0, 0.05) is 12.0 Å². The van der Waals surface area contributed by atoms with Gasteiger partial charge in [-0.1, -0.05) is 84.8 Å². The Hall–Kier alpha value is -4.98. The van der Waals surface area contributed by atoms with Crippen molar-refractivity contribution in [1.29, 1.82) is 0 Å². The van der Waals surface area contributed by atoms with E-state index in [1.807, 2.05) is 84.9 Å². The molecule has 0 radical (unpaired) electrons. The Morgan fingerprint density at radius 1 is 1.12 bits per heavy atom. The summed E-state index contributed by atoms with van der Waals surface area (Å²) in [5.41, 5.74) is 4.54. The monoisotopic (exact) mass is 565 g/mol. The highest BCUT2D eigenvalue weighted by molar-refractivity contribution is 5.72. The summed E-state index contributed by atoms with van der Waals surface area (Å²) in [5.74, 6) is 2.51. The van der Waals surface area contributed by atoms with E-state index < -0.39 is 35.7 Å². The number of aromatic nitrogens is 4. The number of anilines is 1. The maximum Gasteiger partial charge on any atom is 0.284 e. The second-order valence-corrected chi connectivity index (χ2v) is 10.1. The van der Waals surface area contributed by atoms with Gasteiger partial charge in [-0.2, -0.15) is 4.98 Å². The van der Waals surface area contributed by atoms with Crippen molar-refractivity contribution in [3.63, 3.8) is 0 Å². The van der Waals surface area contributed by atoms with Crippen LogP contribution in [0.15, 0.2) is 96.1 Å². The Balaban J connectivity index is 1.70. The molecule has 212 valence electrons. The molecule has 42 heavy (non-hydrogen) atoms. The van der Waals surface area contributed by atoms with Crippen LogP contribution in [0.2, 0.25) is 0 Å². The van der Waals surface area contributed by atoms with Crippen LogP contribution in [0.3, 0.4) is 0 Å². The van der Waals surface area contributed by atoms with Gasteiger partial charge in [-0.3, -0.25) is 13.9 Å². The van der Waals surface area contributed by atoms with Crippen LogP contribution >= 0.6 is 0 Å². The minimum Gasteiger partial charge on any atom is -0.496 e. The van der Waals surface area contributed by atoms with Crippen molar-refractivity contribution in [2.24, 2.45) is 0 Å². The van der Waals surface area contributed by atoms with Gasteiger partial charge in [0.2, 0.25) is 11.6 Å². The molecule has 3 aromatic carbocycles. The summed E-state index contributed by atoms with van der Waals surface area (Å²) < 4.78 is 30.0. The number of terminal acetylenes is 1. The van der Waals surface area contributed by atoms with Crippen LogP contribution in [0, 0.1) is 12.3 Å². The number of imidazole rings is 1. The number of methoxy groups -OCH3 is 1. The molecular formula is C32H28FN5O4. The summed E-state index contributed by atoms with van der Waals surface area (Å²) in [6.45, 7) is -0.422. The Labute approximate surface area is 241 Å². The van der Waals surface area contributed by atoms with Gasteiger partial charge in [0.05, 0.1) is 26.1 Å². The normalized spacial score (nSPS) is 20.4. The van der Waals surface area contributed by atoms with E-state index in [9.17, 15) is 9.90 Å². The number of ether oxygens (including phenoxy) is 2. The number of hydrogen-bond acceptors (Lipinski definition) is 7. The lowest BCUT2D eigenvalue weighted by atomic mass is 9.76. The highest BCUT2D eigenvalue weighted by Crippen LogP contribution is 2.46. The number of rotatable bonds is 7. The topological polar surface area (TPSA) is 117 Å². The molecule has 2 aromatic heterocycles. The molecule has 1 aliphatic heterocycles. The van der Waals surface area contributed by atoms with Crippen molar-refractivity contribution >= 4 is 17.1 Å². The summed E-state index contributed by atoms with van der Waals surface area (Å²) in [6.07, 6.45) is 4.38. The van der Waals surface area contributed by atoms with Gasteiger partial charge in [-0.15, -0.1) is 6.42 Å². The number of para-hydroxylation sites is 1. The molecule has 0 bridgehead atoms. The fourth-order valence-electron chi connectivity index (χ4n) is 5.93. The molecule has 3 heterocycles. The van der Waals surface area contributed by atoms with E-state index >= 15 is 4.39 Å². The number of halogens is 1. The van der Waals surface area contributed by atoms with E-state index in [0.29, 0.717) is 11.3 Å². The zero-order chi connectivity index (χ0) is 29.5. The van der Waals surface area contributed by atoms with Crippen molar-refractivity contribution in [1.82, 2.24) is 19.1 Å². The number of nitrogen functional groups attached to an aromatic ring is 1. The zero-order valence-corrected chi connectivity index (χ0v) is 22.7. The molecule has 0 unspecified atom stereocenters. The van der Waals surface area contributed by atoms with E-state index in [1.165, 1.54) is 15.5 Å². The van der Waals surface area contributed by atoms with Gasteiger partial charge in [-0.25, -0.2) is 9.37 Å². The molecule has 0 spiro atoms. The SMILES string of the molecule is C#C[C@]1(F)C[C@@H](CO)O[C@H]1n1cnc2c(=O)n(C(c3ccccc3)(c3ccccc3)c3ccccc3OC)c(N)nc21. The largest absolute Gasteiger partial charge is 0.496 e. The highest BCUT2D eigenvalue weighted by Gasteiger charge is 2.50. The molecule has 3 N–H and O–H groups in total. The number of fused-ring (bicyclic) bond motifs is 1. The quantitative estimate of drug-likeness (QED) is 0.229. The third kappa shape index (κ3) is 3.97. The lowest BCUT2D eigenvalue weighted by molar-refractivity contribution is -0.0472. The maximum atomic E-state index is 15.8. The van der Waals surface area contributed by atoms with Crippen molar-refractivity contribution < 1.29 is 19.0 Å². The first-order valence-corrected chi connectivity index (χ1v) is 13.3. The van der Waals surface area contributed by atoms with Crippen LogP contribution in [-0.4, -0.2) is 49.7 Å². The Morgan fingerprint density at radius 3 is 2.33 bits per heavy atom. The number of alkyl halides is 1. The van der Waals surface area contributed by atoms with Crippen LogP contribution < -0.4 is 16.0 Å². The fraction of sp³-hybridized carbons (Fsp3) is 0.219. The molecule has 9 nitrogen and oxygen atoms in total. The molecule has 5 aromatic rings. The lowest BCUT2D eigenvalue weighted by Crippen LogP contribution is -2.46. The Kier molecular flexibility index (Phi) is 6.77. The lowest BCUT2D eigenvalue weighted by Gasteiger charge is -2.38. The van der Waals surface area contributed by atoms with Crippen molar-refractivity contribution in [3.05, 3.63) is 118 Å². The number of hydrogen-bond donors (Lipinski definition) is 2. The van der Waals surface area contributed by atoms with Crippen LogP contribution in [0.1, 0.15) is 29.3 Å². The maximum absolute atomic E-state index is 15.8. The van der Waals surface area contributed by atoms with Crippen LogP contribution in [0.4, 0.5) is 10.3 Å². The van der Waals surface area contributed by atoms with Gasteiger partial charge in [-0.05, 0) is 17.2 Å². The molecule has 6 rings (SSSR count). The first-order valence-electron chi connectivity index (χ1n) is 13.3. The average molecular weight is 566 g/mol. The summed E-state index contributed by atoms with van der Waals surface area (Å²) in [5, 5.41) is 9.62. The summed E-state index contributed by atoms with van der Waals surface area (Å²) in [6, 6.07) is 26.3. The van der Waals surface area contributed by atoms with Gasteiger partial charge in [0.25, 0.3) is 5.56 Å². The minimum atomic E-state index is -2.26. The number of nitrogens with two attached hydrogens (primary N) is 1. The van der Waals surface area contributed by atoms with Crippen LogP contribution in [-0.2, 0) is 10.3 Å². The molecular weight excluding hydrogens is 537 g/mol. The first-order chi connectivity index (χ1) is 20.4. The third-order valence-electron chi connectivity index (χ3n) is 7.77. The predicted molar refractivity (Wildman–Crippen MR) is 156 cm³/mol. The Bertz CT molecular complexity index is 1810. The average Bonchev–Trinajstić information content (AvgIpc) is 3.60. The minimum absolute atomic E-state index is 0.00432. The van der Waals surface area contributed by atoms with Gasteiger partial charge < -0.3 is 20.3 Å². The number of benzene rings is 3. The molecule has 10 heteroatoms. The van der Waals surface area contributed by atoms with Gasteiger partial charge in [0.15, 0.2) is 17.4 Å². The first kappa shape index (κ1) is 27.2. The third-order valence-corrected chi connectivity index (χ3v) is 7.77. The van der Waals surface area contributed by atoms with E-state index in [0.717, 1.165) is 11.1 Å². The van der Waals surface area contributed by atoms with Gasteiger partial charge >= 0.3 is 0 Å². The number of aliphatic hydroxyl groups excluding tert-OH is 1. The second kappa shape index (κ2) is 10.4. The molecule has 0 aliphatic carbocycles. The highest BCUT2D eigenvalue weighted by atomic mass is 19.1. The van der Waals surface area contributed by atoms with Gasteiger partial charge in [0.1, 0.15) is 11.3 Å². The standard InChI is InChI=1S/C32H28FN5O4/c1-3-31(33)18-23(19-39)42-29(31)37-20-35-26-27(37)36-30(34)38(28(26)40)32(21-12-6-4-7-13-21,22-14-8-5-9-15-22)24-16-10-11-17-25(24)41-2/h1,4-17,20,23,29,39H,18-19H2,2H3,(H2,34,36)/t23-,29+,31-/m0/s1. The van der Waals surface area contributed by atoms with E-state index in [-0.39, 0.29) is 23.5 Å². The van der Waals surface area contributed by atoms with Crippen molar-refractivity contribution in [3.8, 4) is 18.1 Å². The summed E-state index contributed by atoms with van der Waals surface area (Å²) >= 11 is 0. The molecule has 0 amide bonds. The number of nitrogens with zero attached hydrogens (tertiary/aromatic N) is 4. The molecule has 1 saturated heterocycles. The van der Waals surface area contributed by atoms with Crippen LogP contribution in [0.5, 0.6) is 5.75 Å².